The van der Waals surface area contributed by atoms with Crippen LogP contribution in [0.1, 0.15) is 81.1 Å². The van der Waals surface area contributed by atoms with Crippen LogP contribution in [0.15, 0.2) is 46.7 Å². The lowest BCUT2D eigenvalue weighted by molar-refractivity contribution is 0.0751. The average Bonchev–Trinajstić information content (AvgIpc) is 3.48. The van der Waals surface area contributed by atoms with Crippen LogP contribution in [0.25, 0.3) is 17.1 Å². The number of nitrogens with one attached hydrogen (secondary N) is 1. The van der Waals surface area contributed by atoms with Crippen molar-refractivity contribution in [1.29, 1.82) is 0 Å². The van der Waals surface area contributed by atoms with Crippen LogP contribution in [0, 0.1) is 0 Å². The summed E-state index contributed by atoms with van der Waals surface area (Å²) in [5, 5.41) is 4.65. The molecule has 1 N–H and O–H groups in total. The molecule has 2 aromatic carbocycles. The third-order valence-corrected chi connectivity index (χ3v) is 9.61. The summed E-state index contributed by atoms with van der Waals surface area (Å²) >= 11 is 0. The number of carbonyl (C=O) groups is 1. The van der Waals surface area contributed by atoms with Gasteiger partial charge >= 0.3 is 0 Å². The number of piperidine rings is 1. The highest BCUT2D eigenvalue weighted by Gasteiger charge is 2.22. The number of amides is 1. The maximum atomic E-state index is 13.6. The van der Waals surface area contributed by atoms with Gasteiger partial charge in [-0.2, -0.15) is 0 Å². The second-order valence-electron chi connectivity index (χ2n) is 11.3. The molecule has 0 spiro atoms. The van der Waals surface area contributed by atoms with Gasteiger partial charge in [0.15, 0.2) is 0 Å². The van der Waals surface area contributed by atoms with E-state index in [0.29, 0.717) is 27.7 Å². The average molecular weight is 578 g/mol. The van der Waals surface area contributed by atoms with E-state index in [1.54, 1.807) is 12.1 Å². The van der Waals surface area contributed by atoms with E-state index in [2.05, 4.69) is 28.6 Å². The molecule has 41 heavy (non-hydrogen) atoms. The summed E-state index contributed by atoms with van der Waals surface area (Å²) in [5.74, 6) is 0.723. The number of hydrogen-bond donors (Lipinski definition) is 1. The third kappa shape index (κ3) is 6.84. The Morgan fingerprint density at radius 2 is 1.71 bits per heavy atom. The molecule has 2 aliphatic rings. The van der Waals surface area contributed by atoms with Crippen LogP contribution in [0.2, 0.25) is 0 Å². The van der Waals surface area contributed by atoms with E-state index in [0.717, 1.165) is 82.4 Å². The fraction of sp³-hybridized carbons (Fsp3) is 0.500. The number of rotatable bonds is 13. The minimum absolute atomic E-state index is 0.0701. The number of benzene rings is 2. The van der Waals surface area contributed by atoms with Crippen molar-refractivity contribution in [3.05, 3.63) is 52.9 Å². The molecule has 0 bridgehead atoms. The topological polar surface area (TPSA) is 87.5 Å². The normalized spacial score (nSPS) is 16.2. The zero-order valence-corrected chi connectivity index (χ0v) is 25.3. The van der Waals surface area contributed by atoms with E-state index in [1.165, 1.54) is 24.7 Å². The standard InChI is InChI=1S/C32H43N5O3S/c1-3-5-19-36(20-6-4-2)31(38)26-12-14-28-29(23-26)37(21-10-18-35-16-8-7-9-17-35)32(34-28)33-27-13-11-25-15-22-41(39,40)30(25)24-27/h11-15,22-24H,3-10,16-21H2,1-2H3,(H,33,34). The number of hydrogen-bond acceptors (Lipinski definition) is 6. The molecule has 1 aromatic heterocycles. The monoisotopic (exact) mass is 577 g/mol. The van der Waals surface area contributed by atoms with Gasteiger partial charge in [0.25, 0.3) is 5.91 Å². The first-order chi connectivity index (χ1) is 19.9. The number of carbonyl (C=O) groups excluding carboxylic acids is 1. The van der Waals surface area contributed by atoms with Gasteiger partial charge in [0.2, 0.25) is 15.8 Å². The summed E-state index contributed by atoms with van der Waals surface area (Å²) in [5.41, 5.74) is 3.78. The van der Waals surface area contributed by atoms with Crippen LogP contribution in [-0.4, -0.2) is 66.4 Å². The number of anilines is 2. The molecule has 220 valence electrons. The van der Waals surface area contributed by atoms with Crippen LogP contribution in [0.4, 0.5) is 11.6 Å². The molecule has 0 aliphatic carbocycles. The van der Waals surface area contributed by atoms with E-state index >= 15 is 0 Å². The molecule has 3 heterocycles. The SMILES string of the molecule is CCCCN(CCCC)C(=O)c1ccc2nc(Nc3ccc4c(c3)S(=O)(=O)C=C4)n(CCCN3CCCCC3)c2c1. The van der Waals surface area contributed by atoms with Gasteiger partial charge in [0.05, 0.1) is 15.9 Å². The summed E-state index contributed by atoms with van der Waals surface area (Å²) in [6.07, 6.45) is 10.5. The Hall–Kier alpha value is -3.17. The lowest BCUT2D eigenvalue weighted by Crippen LogP contribution is -2.33. The van der Waals surface area contributed by atoms with Crippen LogP contribution in [-0.2, 0) is 16.4 Å². The lowest BCUT2D eigenvalue weighted by Gasteiger charge is -2.26. The smallest absolute Gasteiger partial charge is 0.253 e. The Labute approximate surface area is 244 Å². The minimum Gasteiger partial charge on any atom is -0.339 e. The highest BCUT2D eigenvalue weighted by atomic mass is 32.2. The van der Waals surface area contributed by atoms with Gasteiger partial charge in [-0.1, -0.05) is 39.2 Å². The molecule has 0 atom stereocenters. The first-order valence-electron chi connectivity index (χ1n) is 15.3. The first kappa shape index (κ1) is 29.3. The van der Waals surface area contributed by atoms with Gasteiger partial charge in [0.1, 0.15) is 0 Å². The highest BCUT2D eigenvalue weighted by molar-refractivity contribution is 7.94. The summed E-state index contributed by atoms with van der Waals surface area (Å²) in [6, 6.07) is 11.2. The second-order valence-corrected chi connectivity index (χ2v) is 13.1. The molecule has 0 radical (unpaired) electrons. The molecule has 3 aromatic rings. The molecule has 1 amide bonds. The number of likely N-dealkylation sites (tertiary alicyclic amines) is 1. The number of sulfone groups is 1. The van der Waals surface area contributed by atoms with Crippen molar-refractivity contribution >= 4 is 44.5 Å². The molecule has 1 saturated heterocycles. The largest absolute Gasteiger partial charge is 0.339 e. The number of aryl methyl sites for hydroxylation is 1. The zero-order valence-electron chi connectivity index (χ0n) is 24.4. The zero-order chi connectivity index (χ0) is 28.8. The Bertz CT molecular complexity index is 1500. The third-order valence-electron chi connectivity index (χ3n) is 8.15. The van der Waals surface area contributed by atoms with Crippen molar-refractivity contribution < 1.29 is 13.2 Å². The van der Waals surface area contributed by atoms with Crippen LogP contribution in [0.3, 0.4) is 0 Å². The quantitative estimate of drug-likeness (QED) is 0.251. The van der Waals surface area contributed by atoms with Crippen molar-refractivity contribution in [2.45, 2.75) is 76.7 Å². The van der Waals surface area contributed by atoms with Gasteiger partial charge in [0, 0.05) is 36.3 Å². The Morgan fingerprint density at radius 1 is 0.951 bits per heavy atom. The summed E-state index contributed by atoms with van der Waals surface area (Å²) in [7, 11) is -3.41. The summed E-state index contributed by atoms with van der Waals surface area (Å²) in [6.45, 7) is 9.90. The Balaban J connectivity index is 1.45. The first-order valence-corrected chi connectivity index (χ1v) is 16.8. The van der Waals surface area contributed by atoms with Crippen molar-refractivity contribution in [2.75, 3.05) is 38.0 Å². The second kappa shape index (κ2) is 13.2. The van der Waals surface area contributed by atoms with Gasteiger partial charge in [-0.3, -0.25) is 4.79 Å². The van der Waals surface area contributed by atoms with Gasteiger partial charge in [-0.05, 0) is 93.7 Å². The van der Waals surface area contributed by atoms with E-state index in [-0.39, 0.29) is 5.91 Å². The van der Waals surface area contributed by atoms with E-state index in [9.17, 15) is 13.2 Å². The summed E-state index contributed by atoms with van der Waals surface area (Å²) < 4.78 is 27.1. The van der Waals surface area contributed by atoms with E-state index in [4.69, 9.17) is 4.98 Å². The molecule has 1 fully saturated rings. The van der Waals surface area contributed by atoms with E-state index < -0.39 is 9.84 Å². The molecular weight excluding hydrogens is 534 g/mol. The van der Waals surface area contributed by atoms with Crippen LogP contribution >= 0.6 is 0 Å². The number of nitrogens with zero attached hydrogens (tertiary/aromatic N) is 4. The molecular formula is C32H43N5O3S. The lowest BCUT2D eigenvalue weighted by atomic mass is 10.1. The molecule has 5 rings (SSSR count). The molecule has 0 saturated carbocycles. The molecule has 2 aliphatic heterocycles. The Kier molecular flexibility index (Phi) is 9.45. The van der Waals surface area contributed by atoms with E-state index in [1.807, 2.05) is 35.2 Å². The van der Waals surface area contributed by atoms with Crippen molar-refractivity contribution in [2.24, 2.45) is 0 Å². The van der Waals surface area contributed by atoms with Gasteiger partial charge < -0.3 is 19.7 Å². The van der Waals surface area contributed by atoms with Crippen LogP contribution in [0.5, 0.6) is 0 Å². The number of unbranched alkanes of at least 4 members (excludes halogenated alkanes) is 2. The fourth-order valence-electron chi connectivity index (χ4n) is 5.77. The minimum atomic E-state index is -3.41. The Morgan fingerprint density at radius 3 is 2.44 bits per heavy atom. The number of fused-ring (bicyclic) bond motifs is 2. The highest BCUT2D eigenvalue weighted by Crippen LogP contribution is 2.31. The van der Waals surface area contributed by atoms with Crippen molar-refractivity contribution in [3.8, 4) is 0 Å². The molecule has 8 nitrogen and oxygen atoms in total. The van der Waals surface area contributed by atoms with Crippen molar-refractivity contribution in [1.82, 2.24) is 19.4 Å². The fourth-order valence-corrected chi connectivity index (χ4v) is 7.00. The van der Waals surface area contributed by atoms with Crippen LogP contribution < -0.4 is 5.32 Å². The predicted molar refractivity (Wildman–Crippen MR) is 166 cm³/mol. The van der Waals surface area contributed by atoms with Crippen molar-refractivity contribution in [3.63, 3.8) is 0 Å². The molecule has 0 unspecified atom stereocenters. The van der Waals surface area contributed by atoms with Gasteiger partial charge in [-0.25, -0.2) is 13.4 Å². The summed E-state index contributed by atoms with van der Waals surface area (Å²) in [4.78, 5) is 23.3. The predicted octanol–water partition coefficient (Wildman–Crippen LogP) is 6.46. The maximum absolute atomic E-state index is 13.6. The number of imidazole rings is 1. The number of aromatic nitrogens is 2. The maximum Gasteiger partial charge on any atom is 0.253 e. The molecule has 9 heteroatoms. The van der Waals surface area contributed by atoms with Gasteiger partial charge in [-0.15, -0.1) is 0 Å².